The molecule has 0 aliphatic rings. The second-order valence-electron chi connectivity index (χ2n) is 3.30. The molecule has 0 spiro atoms. The lowest BCUT2D eigenvalue weighted by atomic mass is 9.75. The number of hydrogen-bond acceptors (Lipinski definition) is 3. The number of halogens is 1. The first-order valence-corrected chi connectivity index (χ1v) is 4.76. The molecule has 0 fully saturated rings. The van der Waals surface area contributed by atoms with Crippen LogP contribution >= 0.6 is 0 Å². The Labute approximate surface area is 92.4 Å². The van der Waals surface area contributed by atoms with Crippen LogP contribution in [0.1, 0.15) is 0 Å². The molecule has 2 aromatic rings. The van der Waals surface area contributed by atoms with E-state index in [2.05, 4.69) is 4.98 Å². The van der Waals surface area contributed by atoms with Gasteiger partial charge >= 0.3 is 7.12 Å². The van der Waals surface area contributed by atoms with Gasteiger partial charge in [0.1, 0.15) is 0 Å². The van der Waals surface area contributed by atoms with Gasteiger partial charge in [-0.05, 0) is 23.2 Å². The first-order chi connectivity index (χ1) is 7.70. The smallest absolute Gasteiger partial charge is 0.423 e. The summed E-state index contributed by atoms with van der Waals surface area (Å²) in [5.41, 5.74) is 0.948. The fourth-order valence-electron chi connectivity index (χ4n) is 1.55. The molecule has 1 aromatic carbocycles. The average molecular weight is 217 g/mol. The van der Waals surface area contributed by atoms with Gasteiger partial charge in [-0.15, -0.1) is 0 Å². The van der Waals surface area contributed by atoms with Crippen LogP contribution in [0.25, 0.3) is 11.1 Å². The van der Waals surface area contributed by atoms with E-state index < -0.39 is 13.1 Å². The van der Waals surface area contributed by atoms with Crippen molar-refractivity contribution in [1.82, 2.24) is 4.98 Å². The van der Waals surface area contributed by atoms with Crippen molar-refractivity contribution in [3.63, 3.8) is 0 Å². The highest BCUT2D eigenvalue weighted by molar-refractivity contribution is 6.60. The molecular formula is C11H9BFNO2. The highest BCUT2D eigenvalue weighted by Gasteiger charge is 2.18. The standard InChI is InChI=1S/C11H9BFNO2/c13-11-9(5-3-7-14-11)8-4-1-2-6-10(8)12(15)16/h1-7,15-16H. The van der Waals surface area contributed by atoms with Crippen molar-refractivity contribution >= 4 is 12.6 Å². The first-order valence-electron chi connectivity index (χ1n) is 4.76. The lowest BCUT2D eigenvalue weighted by Crippen LogP contribution is -2.31. The molecule has 1 heterocycles. The zero-order valence-corrected chi connectivity index (χ0v) is 8.34. The molecular weight excluding hydrogens is 208 g/mol. The molecule has 2 N–H and O–H groups in total. The van der Waals surface area contributed by atoms with E-state index in [-0.39, 0.29) is 11.0 Å². The fourth-order valence-corrected chi connectivity index (χ4v) is 1.55. The molecule has 3 nitrogen and oxygen atoms in total. The number of hydrogen-bond donors (Lipinski definition) is 2. The lowest BCUT2D eigenvalue weighted by Gasteiger charge is -2.08. The third-order valence-electron chi connectivity index (χ3n) is 2.29. The number of nitrogens with zero attached hydrogens (tertiary/aromatic N) is 1. The van der Waals surface area contributed by atoms with Crippen molar-refractivity contribution in [2.75, 3.05) is 0 Å². The maximum absolute atomic E-state index is 13.4. The summed E-state index contributed by atoms with van der Waals surface area (Å²) >= 11 is 0. The minimum atomic E-state index is -1.63. The molecule has 16 heavy (non-hydrogen) atoms. The monoisotopic (exact) mass is 217 g/mol. The van der Waals surface area contributed by atoms with Gasteiger partial charge in [0, 0.05) is 11.8 Å². The van der Waals surface area contributed by atoms with Crippen LogP contribution in [-0.2, 0) is 0 Å². The maximum Gasteiger partial charge on any atom is 0.489 e. The van der Waals surface area contributed by atoms with Crippen molar-refractivity contribution in [1.29, 1.82) is 0 Å². The van der Waals surface area contributed by atoms with Crippen molar-refractivity contribution in [2.24, 2.45) is 0 Å². The molecule has 0 unspecified atom stereocenters. The molecule has 5 heteroatoms. The quantitative estimate of drug-likeness (QED) is 0.571. The Balaban J connectivity index is 2.60. The third-order valence-corrected chi connectivity index (χ3v) is 2.29. The SMILES string of the molecule is OB(O)c1ccccc1-c1cccnc1F. The van der Waals surface area contributed by atoms with Gasteiger partial charge in [0.25, 0.3) is 0 Å². The summed E-state index contributed by atoms with van der Waals surface area (Å²) < 4.78 is 13.4. The Morgan fingerprint density at radius 3 is 2.38 bits per heavy atom. The van der Waals surface area contributed by atoms with Crippen LogP contribution in [0.15, 0.2) is 42.6 Å². The Morgan fingerprint density at radius 2 is 1.69 bits per heavy atom. The number of benzene rings is 1. The van der Waals surface area contributed by atoms with Gasteiger partial charge in [-0.2, -0.15) is 4.39 Å². The Hall–Kier alpha value is -1.72. The highest BCUT2D eigenvalue weighted by atomic mass is 19.1. The maximum atomic E-state index is 13.4. The first kappa shape index (κ1) is 10.8. The summed E-state index contributed by atoms with van der Waals surface area (Å²) in [4.78, 5) is 3.53. The third kappa shape index (κ3) is 1.96. The van der Waals surface area contributed by atoms with Crippen LogP contribution in [0.4, 0.5) is 4.39 Å². The molecule has 0 saturated carbocycles. The van der Waals surface area contributed by atoms with Gasteiger partial charge in [-0.25, -0.2) is 4.98 Å². The van der Waals surface area contributed by atoms with Crippen LogP contribution in [0.2, 0.25) is 0 Å². The van der Waals surface area contributed by atoms with E-state index in [1.165, 1.54) is 12.3 Å². The summed E-state index contributed by atoms with van der Waals surface area (Å²) in [6, 6.07) is 9.66. The van der Waals surface area contributed by atoms with E-state index in [4.69, 9.17) is 10.0 Å². The van der Waals surface area contributed by atoms with Gasteiger partial charge < -0.3 is 10.0 Å². The number of aromatic nitrogens is 1. The molecule has 0 bridgehead atoms. The molecule has 0 aliphatic carbocycles. The minimum absolute atomic E-state index is 0.256. The van der Waals surface area contributed by atoms with Gasteiger partial charge in [0.05, 0.1) is 0 Å². The second kappa shape index (κ2) is 4.43. The predicted molar refractivity (Wildman–Crippen MR) is 59.5 cm³/mol. The lowest BCUT2D eigenvalue weighted by molar-refractivity contribution is 0.426. The van der Waals surface area contributed by atoms with E-state index in [0.717, 1.165) is 0 Å². The second-order valence-corrected chi connectivity index (χ2v) is 3.30. The van der Waals surface area contributed by atoms with Crippen molar-refractivity contribution in [3.05, 3.63) is 48.5 Å². The van der Waals surface area contributed by atoms with Crippen LogP contribution in [0.3, 0.4) is 0 Å². The van der Waals surface area contributed by atoms with Gasteiger partial charge in [-0.3, -0.25) is 0 Å². The molecule has 0 amide bonds. The largest absolute Gasteiger partial charge is 0.489 e. The number of rotatable bonds is 2. The molecule has 0 radical (unpaired) electrons. The Bertz CT molecular complexity index is 505. The summed E-state index contributed by atoms with van der Waals surface area (Å²) in [6.07, 6.45) is 1.34. The molecule has 80 valence electrons. The van der Waals surface area contributed by atoms with Crippen LogP contribution < -0.4 is 5.46 Å². The van der Waals surface area contributed by atoms with Crippen LogP contribution in [0.5, 0.6) is 0 Å². The van der Waals surface area contributed by atoms with Crippen LogP contribution in [0, 0.1) is 5.95 Å². The van der Waals surface area contributed by atoms with E-state index >= 15 is 0 Å². The number of pyridine rings is 1. The van der Waals surface area contributed by atoms with Crippen molar-refractivity contribution < 1.29 is 14.4 Å². The van der Waals surface area contributed by atoms with E-state index in [9.17, 15) is 4.39 Å². The predicted octanol–water partition coefficient (Wildman–Crippen LogP) is 0.567. The van der Waals surface area contributed by atoms with Gasteiger partial charge in [0.2, 0.25) is 5.95 Å². The van der Waals surface area contributed by atoms with Gasteiger partial charge in [-0.1, -0.05) is 24.3 Å². The van der Waals surface area contributed by atoms with E-state index in [1.807, 2.05) is 0 Å². The molecule has 1 aromatic heterocycles. The minimum Gasteiger partial charge on any atom is -0.423 e. The summed E-state index contributed by atoms with van der Waals surface area (Å²) in [7, 11) is -1.63. The van der Waals surface area contributed by atoms with Gasteiger partial charge in [0.15, 0.2) is 0 Å². The Kier molecular flexibility index (Phi) is 2.98. The highest BCUT2D eigenvalue weighted by Crippen LogP contribution is 2.19. The zero-order chi connectivity index (χ0) is 11.5. The summed E-state index contributed by atoms with van der Waals surface area (Å²) in [5.74, 6) is -0.629. The van der Waals surface area contributed by atoms with E-state index in [0.29, 0.717) is 5.56 Å². The summed E-state index contributed by atoms with van der Waals surface area (Å²) in [6.45, 7) is 0. The van der Waals surface area contributed by atoms with Crippen molar-refractivity contribution in [3.8, 4) is 11.1 Å². The summed E-state index contributed by atoms with van der Waals surface area (Å²) in [5, 5.41) is 18.3. The van der Waals surface area contributed by atoms with Crippen molar-refractivity contribution in [2.45, 2.75) is 0 Å². The van der Waals surface area contributed by atoms with Crippen LogP contribution in [-0.4, -0.2) is 22.2 Å². The topological polar surface area (TPSA) is 53.4 Å². The Morgan fingerprint density at radius 1 is 1.00 bits per heavy atom. The fraction of sp³-hybridized carbons (Fsp3) is 0. The molecule has 0 atom stereocenters. The zero-order valence-electron chi connectivity index (χ0n) is 8.34. The molecule has 0 saturated heterocycles. The normalized spacial score (nSPS) is 10.2. The van der Waals surface area contributed by atoms with E-state index in [1.54, 1.807) is 30.3 Å². The molecule has 0 aliphatic heterocycles. The molecule has 2 rings (SSSR count). The average Bonchev–Trinajstić information content (AvgIpc) is 2.29.